The van der Waals surface area contributed by atoms with Crippen LogP contribution >= 0.6 is 0 Å². The van der Waals surface area contributed by atoms with Gasteiger partial charge in [0.15, 0.2) is 5.82 Å². The van der Waals surface area contributed by atoms with Gasteiger partial charge in [0, 0.05) is 30.8 Å². The monoisotopic (exact) mass is 366 g/mol. The first kappa shape index (κ1) is 17.5. The minimum atomic E-state index is -0.151. The van der Waals surface area contributed by atoms with E-state index in [-0.39, 0.29) is 17.8 Å². The van der Waals surface area contributed by atoms with Gasteiger partial charge in [-0.3, -0.25) is 9.59 Å². The van der Waals surface area contributed by atoms with Crippen molar-refractivity contribution in [2.75, 3.05) is 31.6 Å². The topological polar surface area (TPSA) is 84.4 Å². The molecular formula is C20H22N4O3. The fourth-order valence-corrected chi connectivity index (χ4v) is 3.75. The number of hydrogen-bond acceptors (Lipinski definition) is 6. The average molecular weight is 366 g/mol. The third-order valence-corrected chi connectivity index (χ3v) is 5.22. The summed E-state index contributed by atoms with van der Waals surface area (Å²) in [5.74, 6) is 1.000. The number of carbonyl (C=O) groups excluding carboxylic acids is 2. The number of rotatable bonds is 3. The number of fused-ring (bicyclic) bond motifs is 1. The molecule has 0 aliphatic carbocycles. The van der Waals surface area contributed by atoms with E-state index in [0.29, 0.717) is 37.6 Å². The van der Waals surface area contributed by atoms with E-state index in [2.05, 4.69) is 15.2 Å². The van der Waals surface area contributed by atoms with Gasteiger partial charge in [0.25, 0.3) is 5.91 Å². The minimum Gasteiger partial charge on any atom is -0.469 e. The van der Waals surface area contributed by atoms with E-state index in [0.717, 1.165) is 29.8 Å². The van der Waals surface area contributed by atoms with Crippen LogP contribution in [-0.2, 0) is 16.0 Å². The SMILES string of the molecule is COC(=O)C1CCN(c2nc(-c3ccccc3)nc3c2CCNC3=O)CC1. The zero-order chi connectivity index (χ0) is 18.8. The molecule has 2 aliphatic rings. The molecule has 1 fully saturated rings. The summed E-state index contributed by atoms with van der Waals surface area (Å²) in [6.45, 7) is 2.00. The number of nitrogens with zero attached hydrogens (tertiary/aromatic N) is 3. The number of piperidine rings is 1. The van der Waals surface area contributed by atoms with Gasteiger partial charge in [-0.2, -0.15) is 0 Å². The molecule has 3 heterocycles. The Morgan fingerprint density at radius 1 is 1.19 bits per heavy atom. The lowest BCUT2D eigenvalue weighted by Gasteiger charge is -2.34. The van der Waals surface area contributed by atoms with E-state index in [1.807, 2.05) is 30.3 Å². The van der Waals surface area contributed by atoms with Gasteiger partial charge in [-0.1, -0.05) is 30.3 Å². The maximum atomic E-state index is 12.4. The van der Waals surface area contributed by atoms with Crippen molar-refractivity contribution in [3.05, 3.63) is 41.6 Å². The third kappa shape index (κ3) is 3.37. The van der Waals surface area contributed by atoms with Crippen LogP contribution in [0.3, 0.4) is 0 Å². The van der Waals surface area contributed by atoms with Crippen LogP contribution in [0.5, 0.6) is 0 Å². The van der Waals surface area contributed by atoms with Gasteiger partial charge in [-0.15, -0.1) is 0 Å². The van der Waals surface area contributed by atoms with Crippen LogP contribution in [0.25, 0.3) is 11.4 Å². The summed E-state index contributed by atoms with van der Waals surface area (Å²) >= 11 is 0. The van der Waals surface area contributed by atoms with E-state index in [9.17, 15) is 9.59 Å². The Bertz CT molecular complexity index is 861. The third-order valence-electron chi connectivity index (χ3n) is 5.22. The Kier molecular flexibility index (Phi) is 4.75. The first-order valence-electron chi connectivity index (χ1n) is 9.24. The summed E-state index contributed by atoms with van der Waals surface area (Å²) in [5.41, 5.74) is 2.24. The van der Waals surface area contributed by atoms with Crippen LogP contribution in [0.2, 0.25) is 0 Å². The van der Waals surface area contributed by atoms with Gasteiger partial charge in [0.2, 0.25) is 0 Å². The molecule has 1 amide bonds. The normalized spacial score (nSPS) is 17.2. The van der Waals surface area contributed by atoms with Gasteiger partial charge in [0.1, 0.15) is 11.5 Å². The van der Waals surface area contributed by atoms with Gasteiger partial charge in [-0.25, -0.2) is 9.97 Å². The molecule has 0 bridgehead atoms. The van der Waals surface area contributed by atoms with Crippen LogP contribution in [0.4, 0.5) is 5.82 Å². The van der Waals surface area contributed by atoms with Crippen LogP contribution in [0.15, 0.2) is 30.3 Å². The van der Waals surface area contributed by atoms with Gasteiger partial charge in [0.05, 0.1) is 13.0 Å². The quantitative estimate of drug-likeness (QED) is 0.834. The number of ether oxygens (including phenoxy) is 1. The molecule has 140 valence electrons. The Labute approximate surface area is 157 Å². The summed E-state index contributed by atoms with van der Waals surface area (Å²) in [6, 6.07) is 9.68. The van der Waals surface area contributed by atoms with Crippen LogP contribution < -0.4 is 10.2 Å². The van der Waals surface area contributed by atoms with Crippen LogP contribution in [-0.4, -0.2) is 48.6 Å². The number of benzene rings is 1. The lowest BCUT2D eigenvalue weighted by atomic mass is 9.96. The van der Waals surface area contributed by atoms with Gasteiger partial charge in [-0.05, 0) is 19.3 Å². The zero-order valence-electron chi connectivity index (χ0n) is 15.3. The van der Waals surface area contributed by atoms with Crippen molar-refractivity contribution < 1.29 is 14.3 Å². The smallest absolute Gasteiger partial charge is 0.308 e. The fraction of sp³-hybridized carbons (Fsp3) is 0.400. The highest BCUT2D eigenvalue weighted by Gasteiger charge is 2.31. The first-order chi connectivity index (χ1) is 13.2. The highest BCUT2D eigenvalue weighted by molar-refractivity contribution is 5.96. The number of hydrogen-bond donors (Lipinski definition) is 1. The molecule has 27 heavy (non-hydrogen) atoms. The Balaban J connectivity index is 1.70. The van der Waals surface area contributed by atoms with E-state index in [1.165, 1.54) is 7.11 Å². The van der Waals surface area contributed by atoms with Crippen LogP contribution in [0.1, 0.15) is 28.9 Å². The number of nitrogens with one attached hydrogen (secondary N) is 1. The number of amides is 1. The molecule has 0 saturated carbocycles. The number of methoxy groups -OCH3 is 1. The van der Waals surface area contributed by atoms with Crippen molar-refractivity contribution in [2.24, 2.45) is 5.92 Å². The fourth-order valence-electron chi connectivity index (χ4n) is 3.75. The molecule has 0 unspecified atom stereocenters. The van der Waals surface area contributed by atoms with Crippen molar-refractivity contribution in [2.45, 2.75) is 19.3 Å². The van der Waals surface area contributed by atoms with Crippen molar-refractivity contribution in [1.82, 2.24) is 15.3 Å². The molecular weight excluding hydrogens is 344 g/mol. The first-order valence-corrected chi connectivity index (χ1v) is 9.24. The summed E-state index contributed by atoms with van der Waals surface area (Å²) in [7, 11) is 1.43. The number of anilines is 1. The Hall–Kier alpha value is -2.96. The lowest BCUT2D eigenvalue weighted by Crippen LogP contribution is -2.40. The predicted molar refractivity (Wildman–Crippen MR) is 100 cm³/mol. The van der Waals surface area contributed by atoms with E-state index >= 15 is 0 Å². The molecule has 0 spiro atoms. The van der Waals surface area contributed by atoms with Crippen LogP contribution in [0, 0.1) is 5.92 Å². The maximum absolute atomic E-state index is 12.4. The second kappa shape index (κ2) is 7.34. The molecule has 2 aliphatic heterocycles. The molecule has 7 heteroatoms. The van der Waals surface area contributed by atoms with Gasteiger partial charge >= 0.3 is 5.97 Å². The van der Waals surface area contributed by atoms with Crippen molar-refractivity contribution in [3.63, 3.8) is 0 Å². The molecule has 7 nitrogen and oxygen atoms in total. The summed E-state index contributed by atoms with van der Waals surface area (Å²) in [4.78, 5) is 35.8. The largest absolute Gasteiger partial charge is 0.469 e. The van der Waals surface area contributed by atoms with E-state index < -0.39 is 0 Å². The highest BCUT2D eigenvalue weighted by Crippen LogP contribution is 2.30. The molecule has 1 aromatic heterocycles. The van der Waals surface area contributed by atoms with E-state index in [4.69, 9.17) is 9.72 Å². The zero-order valence-corrected chi connectivity index (χ0v) is 15.3. The molecule has 1 saturated heterocycles. The average Bonchev–Trinajstić information content (AvgIpc) is 2.73. The number of esters is 1. The molecule has 1 aromatic carbocycles. The molecule has 4 rings (SSSR count). The summed E-state index contributed by atoms with van der Waals surface area (Å²) in [6.07, 6.45) is 2.15. The Morgan fingerprint density at radius 3 is 2.63 bits per heavy atom. The standard InChI is InChI=1S/C20H22N4O3/c1-27-20(26)14-8-11-24(12-9-14)18-15-7-10-21-19(25)16(15)22-17(23-18)13-5-3-2-4-6-13/h2-6,14H,7-12H2,1H3,(H,21,25). The molecule has 0 radical (unpaired) electrons. The molecule has 1 N–H and O–H groups in total. The van der Waals surface area contributed by atoms with Crippen molar-refractivity contribution >= 4 is 17.7 Å². The minimum absolute atomic E-state index is 0.0687. The second-order valence-electron chi connectivity index (χ2n) is 6.85. The molecule has 0 atom stereocenters. The summed E-state index contributed by atoms with van der Waals surface area (Å²) < 4.78 is 4.88. The maximum Gasteiger partial charge on any atom is 0.308 e. The predicted octanol–water partition coefficient (Wildman–Crippen LogP) is 1.82. The lowest BCUT2D eigenvalue weighted by molar-refractivity contribution is -0.146. The molecule has 2 aromatic rings. The Morgan fingerprint density at radius 2 is 1.93 bits per heavy atom. The summed E-state index contributed by atoms with van der Waals surface area (Å²) in [5, 5.41) is 2.87. The number of carbonyl (C=O) groups is 2. The van der Waals surface area contributed by atoms with E-state index in [1.54, 1.807) is 0 Å². The van der Waals surface area contributed by atoms with Crippen molar-refractivity contribution in [3.8, 4) is 11.4 Å². The highest BCUT2D eigenvalue weighted by atomic mass is 16.5. The second-order valence-corrected chi connectivity index (χ2v) is 6.85. The van der Waals surface area contributed by atoms with Crippen molar-refractivity contribution in [1.29, 1.82) is 0 Å². The number of aromatic nitrogens is 2. The van der Waals surface area contributed by atoms with Gasteiger partial charge < -0.3 is 15.0 Å².